The van der Waals surface area contributed by atoms with Crippen molar-refractivity contribution in [3.63, 3.8) is 0 Å². The van der Waals surface area contributed by atoms with Crippen LogP contribution in [0.2, 0.25) is 0 Å². The fourth-order valence-corrected chi connectivity index (χ4v) is 3.52. The van der Waals surface area contributed by atoms with E-state index in [1.165, 1.54) is 25.7 Å². The van der Waals surface area contributed by atoms with E-state index in [1.54, 1.807) is 0 Å². The number of likely N-dealkylation sites (tertiary alicyclic amines) is 1. The summed E-state index contributed by atoms with van der Waals surface area (Å²) in [5.74, 6) is 0.744. The summed E-state index contributed by atoms with van der Waals surface area (Å²) in [4.78, 5) is 14.8. The first kappa shape index (κ1) is 15.8. The van der Waals surface area contributed by atoms with Gasteiger partial charge in [-0.2, -0.15) is 0 Å². The quantitative estimate of drug-likeness (QED) is 0.734. The molecule has 3 nitrogen and oxygen atoms in total. The highest BCUT2D eigenvalue weighted by atomic mass is 16.5. The highest BCUT2D eigenvalue weighted by molar-refractivity contribution is 5.78. The van der Waals surface area contributed by atoms with Gasteiger partial charge in [-0.3, -0.25) is 4.79 Å². The zero-order chi connectivity index (χ0) is 14.2. The third kappa shape index (κ3) is 4.76. The first-order chi connectivity index (χ1) is 9.81. The van der Waals surface area contributed by atoms with Gasteiger partial charge in [-0.15, -0.1) is 0 Å². The van der Waals surface area contributed by atoms with Crippen LogP contribution in [-0.4, -0.2) is 36.6 Å². The van der Waals surface area contributed by atoms with Crippen molar-refractivity contribution in [1.29, 1.82) is 0 Å². The standard InChI is InChI=1S/C17H31NO2/c1-2-14-20-16-10-7-12-18(13-11-16)17(19)15-8-5-3-4-6-9-15/h15-16H,2-14H2,1H3/t16-/m1/s1. The molecule has 1 heterocycles. The van der Waals surface area contributed by atoms with Gasteiger partial charge in [-0.25, -0.2) is 0 Å². The van der Waals surface area contributed by atoms with Gasteiger partial charge in [0, 0.05) is 25.6 Å². The second kappa shape index (κ2) is 8.66. The number of rotatable bonds is 4. The largest absolute Gasteiger partial charge is 0.378 e. The summed E-state index contributed by atoms with van der Waals surface area (Å²) in [5.41, 5.74) is 0. The zero-order valence-corrected chi connectivity index (χ0v) is 13.1. The van der Waals surface area contributed by atoms with Gasteiger partial charge in [0.25, 0.3) is 0 Å². The predicted molar refractivity (Wildman–Crippen MR) is 81.7 cm³/mol. The Balaban J connectivity index is 1.81. The molecule has 0 spiro atoms. The molecule has 0 N–H and O–H groups in total. The number of ether oxygens (including phenoxy) is 1. The highest BCUT2D eigenvalue weighted by Crippen LogP contribution is 2.26. The lowest BCUT2D eigenvalue weighted by Gasteiger charge is -2.25. The number of carbonyl (C=O) groups is 1. The van der Waals surface area contributed by atoms with Crippen LogP contribution >= 0.6 is 0 Å². The second-order valence-electron chi connectivity index (χ2n) is 6.44. The first-order valence-corrected chi connectivity index (χ1v) is 8.71. The van der Waals surface area contributed by atoms with Crippen LogP contribution < -0.4 is 0 Å². The molecule has 1 aliphatic carbocycles. The van der Waals surface area contributed by atoms with Gasteiger partial charge >= 0.3 is 0 Å². The van der Waals surface area contributed by atoms with Gasteiger partial charge in [0.05, 0.1) is 6.10 Å². The first-order valence-electron chi connectivity index (χ1n) is 8.71. The van der Waals surface area contributed by atoms with Gasteiger partial charge in [-0.1, -0.05) is 32.6 Å². The molecule has 20 heavy (non-hydrogen) atoms. The lowest BCUT2D eigenvalue weighted by atomic mass is 9.98. The molecule has 0 unspecified atom stereocenters. The van der Waals surface area contributed by atoms with Crippen LogP contribution in [0, 0.1) is 5.92 Å². The second-order valence-corrected chi connectivity index (χ2v) is 6.44. The average Bonchev–Trinajstić information content (AvgIpc) is 2.87. The van der Waals surface area contributed by atoms with Crippen LogP contribution in [0.1, 0.15) is 71.1 Å². The van der Waals surface area contributed by atoms with Gasteiger partial charge in [0.1, 0.15) is 0 Å². The minimum atomic E-state index is 0.311. The smallest absolute Gasteiger partial charge is 0.225 e. The van der Waals surface area contributed by atoms with Crippen LogP contribution in [-0.2, 0) is 9.53 Å². The number of hydrogen-bond donors (Lipinski definition) is 0. The van der Waals surface area contributed by atoms with E-state index in [1.807, 2.05) is 0 Å². The molecular weight excluding hydrogens is 250 g/mol. The molecule has 0 bridgehead atoms. The van der Waals surface area contributed by atoms with E-state index >= 15 is 0 Å². The minimum absolute atomic E-state index is 0.311. The average molecular weight is 281 g/mol. The van der Waals surface area contributed by atoms with E-state index in [-0.39, 0.29) is 0 Å². The SMILES string of the molecule is CCCO[C@@H]1CCCN(C(=O)C2CCCCCC2)CC1. The maximum absolute atomic E-state index is 12.7. The molecule has 0 radical (unpaired) electrons. The van der Waals surface area contributed by atoms with Crippen molar-refractivity contribution in [2.75, 3.05) is 19.7 Å². The summed E-state index contributed by atoms with van der Waals surface area (Å²) >= 11 is 0. The summed E-state index contributed by atoms with van der Waals surface area (Å²) in [6, 6.07) is 0. The van der Waals surface area contributed by atoms with E-state index in [0.717, 1.165) is 58.2 Å². The third-order valence-corrected chi connectivity index (χ3v) is 4.75. The number of amides is 1. The molecule has 116 valence electrons. The Labute approximate surface area is 124 Å². The summed E-state index contributed by atoms with van der Waals surface area (Å²) in [6.07, 6.45) is 12.1. The van der Waals surface area contributed by atoms with Crippen LogP contribution in [0.3, 0.4) is 0 Å². The van der Waals surface area contributed by atoms with Crippen molar-refractivity contribution in [2.45, 2.75) is 77.2 Å². The van der Waals surface area contributed by atoms with E-state index in [2.05, 4.69) is 11.8 Å². The zero-order valence-electron chi connectivity index (χ0n) is 13.1. The normalized spacial score (nSPS) is 26.1. The predicted octanol–water partition coefficient (Wildman–Crippen LogP) is 3.76. The molecule has 1 saturated carbocycles. The Bertz CT molecular complexity index is 285. The van der Waals surface area contributed by atoms with Crippen LogP contribution in [0.4, 0.5) is 0 Å². The number of nitrogens with zero attached hydrogens (tertiary/aromatic N) is 1. The van der Waals surface area contributed by atoms with Gasteiger partial charge in [0.15, 0.2) is 0 Å². The van der Waals surface area contributed by atoms with Gasteiger partial charge < -0.3 is 9.64 Å². The van der Waals surface area contributed by atoms with E-state index in [4.69, 9.17) is 4.74 Å². The molecule has 0 aromatic carbocycles. The Morgan fingerprint density at radius 3 is 2.45 bits per heavy atom. The Morgan fingerprint density at radius 2 is 1.75 bits per heavy atom. The molecule has 1 atom stereocenters. The van der Waals surface area contributed by atoms with Crippen LogP contribution in [0.25, 0.3) is 0 Å². The molecular formula is C17H31NO2. The van der Waals surface area contributed by atoms with Crippen LogP contribution in [0.15, 0.2) is 0 Å². The number of hydrogen-bond acceptors (Lipinski definition) is 2. The molecule has 1 saturated heterocycles. The molecule has 0 aromatic rings. The third-order valence-electron chi connectivity index (χ3n) is 4.75. The van der Waals surface area contributed by atoms with Crippen molar-refractivity contribution >= 4 is 5.91 Å². The lowest BCUT2D eigenvalue weighted by Crippen LogP contribution is -2.37. The topological polar surface area (TPSA) is 29.5 Å². The van der Waals surface area contributed by atoms with Crippen molar-refractivity contribution in [3.05, 3.63) is 0 Å². The van der Waals surface area contributed by atoms with E-state index in [0.29, 0.717) is 17.9 Å². The van der Waals surface area contributed by atoms with E-state index in [9.17, 15) is 4.79 Å². The van der Waals surface area contributed by atoms with Crippen LogP contribution in [0.5, 0.6) is 0 Å². The maximum Gasteiger partial charge on any atom is 0.225 e. The molecule has 0 aromatic heterocycles. The van der Waals surface area contributed by atoms with Crippen molar-refractivity contribution in [1.82, 2.24) is 4.90 Å². The highest BCUT2D eigenvalue weighted by Gasteiger charge is 2.27. The summed E-state index contributed by atoms with van der Waals surface area (Å²) in [6.45, 7) is 4.87. The molecule has 3 heteroatoms. The Hall–Kier alpha value is -0.570. The van der Waals surface area contributed by atoms with Crippen molar-refractivity contribution < 1.29 is 9.53 Å². The molecule has 2 fully saturated rings. The number of carbonyl (C=O) groups excluding carboxylic acids is 1. The summed E-state index contributed by atoms with van der Waals surface area (Å²) < 4.78 is 5.87. The molecule has 2 aliphatic rings. The van der Waals surface area contributed by atoms with Gasteiger partial charge in [-0.05, 0) is 38.5 Å². The molecule has 2 rings (SSSR count). The van der Waals surface area contributed by atoms with E-state index < -0.39 is 0 Å². The lowest BCUT2D eigenvalue weighted by molar-refractivity contribution is -0.136. The Morgan fingerprint density at radius 1 is 1.00 bits per heavy atom. The summed E-state index contributed by atoms with van der Waals surface area (Å²) in [5, 5.41) is 0. The van der Waals surface area contributed by atoms with Crippen molar-refractivity contribution in [3.8, 4) is 0 Å². The molecule has 1 amide bonds. The minimum Gasteiger partial charge on any atom is -0.378 e. The fourth-order valence-electron chi connectivity index (χ4n) is 3.52. The monoisotopic (exact) mass is 281 g/mol. The van der Waals surface area contributed by atoms with Crippen molar-refractivity contribution in [2.24, 2.45) is 5.92 Å². The Kier molecular flexibility index (Phi) is 6.85. The molecule has 1 aliphatic heterocycles. The fraction of sp³-hybridized carbons (Fsp3) is 0.941. The maximum atomic E-state index is 12.7. The van der Waals surface area contributed by atoms with Gasteiger partial charge in [0.2, 0.25) is 5.91 Å². The summed E-state index contributed by atoms with van der Waals surface area (Å²) in [7, 11) is 0.